The lowest BCUT2D eigenvalue weighted by molar-refractivity contribution is -0.733. The predicted octanol–water partition coefficient (Wildman–Crippen LogP) is 2.28. The summed E-state index contributed by atoms with van der Waals surface area (Å²) in [5.41, 5.74) is 1.31. The van der Waals surface area contributed by atoms with Crippen LogP contribution < -0.4 is 4.57 Å². The molecule has 0 saturated carbocycles. The summed E-state index contributed by atoms with van der Waals surface area (Å²) < 4.78 is 2.20. The Morgan fingerprint density at radius 3 is 2.57 bits per heavy atom. The van der Waals surface area contributed by atoms with Crippen molar-refractivity contribution in [2.75, 3.05) is 0 Å². The van der Waals surface area contributed by atoms with Crippen LogP contribution in [0.5, 0.6) is 0 Å². The molecule has 0 aliphatic heterocycles. The second kappa shape index (κ2) is 3.05. The van der Waals surface area contributed by atoms with Crippen LogP contribution in [0.3, 0.4) is 0 Å². The van der Waals surface area contributed by atoms with Gasteiger partial charge in [0.1, 0.15) is 11.1 Å². The van der Waals surface area contributed by atoms with E-state index in [1.54, 1.807) is 0 Å². The second-order valence-corrected chi connectivity index (χ2v) is 4.49. The molecule has 0 radical (unpaired) electrons. The fraction of sp³-hybridized carbons (Fsp3) is 0.333. The van der Waals surface area contributed by atoms with Crippen LogP contribution in [0.2, 0.25) is 0 Å². The number of nitrogens with zero attached hydrogens (tertiary/aromatic N) is 2. The fourth-order valence-electron chi connectivity index (χ4n) is 1.59. The first-order valence-electron chi connectivity index (χ1n) is 4.84. The van der Waals surface area contributed by atoms with Crippen molar-refractivity contribution in [1.29, 1.82) is 0 Å². The fourth-order valence-corrected chi connectivity index (χ4v) is 1.59. The van der Waals surface area contributed by atoms with E-state index in [0.717, 1.165) is 0 Å². The van der Waals surface area contributed by atoms with Gasteiger partial charge in [-0.05, 0) is 32.9 Å². The van der Waals surface area contributed by atoms with E-state index < -0.39 is 0 Å². The van der Waals surface area contributed by atoms with Crippen LogP contribution in [0.4, 0.5) is 0 Å². The molecule has 0 atom stereocenters. The molecule has 1 aromatic heterocycles. The minimum absolute atomic E-state index is 0.0772. The molecule has 0 bridgehead atoms. The van der Waals surface area contributed by atoms with Gasteiger partial charge in [-0.15, -0.1) is 0 Å². The average Bonchev–Trinajstić information content (AvgIpc) is 2.15. The van der Waals surface area contributed by atoms with Gasteiger partial charge in [-0.25, -0.2) is 4.57 Å². The van der Waals surface area contributed by atoms with E-state index >= 15 is 0 Å². The molecule has 0 fully saturated rings. The van der Waals surface area contributed by atoms with Crippen molar-refractivity contribution in [2.45, 2.75) is 26.3 Å². The van der Waals surface area contributed by atoms with Gasteiger partial charge in [0.15, 0.2) is 6.20 Å². The highest BCUT2D eigenvalue weighted by Gasteiger charge is 2.20. The predicted molar refractivity (Wildman–Crippen MR) is 56.9 cm³/mol. The van der Waals surface area contributed by atoms with Gasteiger partial charge in [-0.1, -0.05) is 17.1 Å². The lowest BCUT2D eigenvalue weighted by Gasteiger charge is -2.17. The van der Waals surface area contributed by atoms with E-state index in [9.17, 15) is 0 Å². The van der Waals surface area contributed by atoms with Gasteiger partial charge in [0.2, 0.25) is 0 Å². The van der Waals surface area contributed by atoms with Gasteiger partial charge in [-0.3, -0.25) is 0 Å². The van der Waals surface area contributed by atoms with Gasteiger partial charge in [0.25, 0.3) is 6.33 Å². The summed E-state index contributed by atoms with van der Waals surface area (Å²) in [6, 6.07) is 8.31. The highest BCUT2D eigenvalue weighted by molar-refractivity contribution is 5.74. The molecule has 0 spiro atoms. The Kier molecular flexibility index (Phi) is 1.99. The van der Waals surface area contributed by atoms with Crippen molar-refractivity contribution in [3.8, 4) is 0 Å². The molecule has 0 unspecified atom stereocenters. The van der Waals surface area contributed by atoms with Crippen molar-refractivity contribution in [3.63, 3.8) is 0 Å². The van der Waals surface area contributed by atoms with Crippen LogP contribution in [0.15, 0.2) is 36.8 Å². The smallest absolute Gasteiger partial charge is 0.225 e. The summed E-state index contributed by atoms with van der Waals surface area (Å²) in [6.07, 6.45) is 3.79. The molecule has 14 heavy (non-hydrogen) atoms. The first-order chi connectivity index (χ1) is 6.59. The molecule has 0 aliphatic rings. The number of rotatable bonds is 0. The Bertz CT molecular complexity index is 450. The zero-order chi connectivity index (χ0) is 10.2. The lowest BCUT2D eigenvalue weighted by Crippen LogP contribution is -2.50. The van der Waals surface area contributed by atoms with Crippen LogP contribution in [0.25, 0.3) is 10.9 Å². The first kappa shape index (κ1) is 9.13. The van der Waals surface area contributed by atoms with Gasteiger partial charge in [0.05, 0.1) is 5.39 Å². The van der Waals surface area contributed by atoms with Crippen molar-refractivity contribution in [3.05, 3.63) is 36.8 Å². The molecule has 2 rings (SSSR count). The first-order valence-corrected chi connectivity index (χ1v) is 4.84. The molecule has 1 heterocycles. The van der Waals surface area contributed by atoms with Crippen molar-refractivity contribution < 1.29 is 4.57 Å². The molecule has 0 N–H and O–H groups in total. The van der Waals surface area contributed by atoms with Crippen LogP contribution in [0, 0.1) is 0 Å². The summed E-state index contributed by atoms with van der Waals surface area (Å²) in [5.74, 6) is 0. The van der Waals surface area contributed by atoms with Gasteiger partial charge >= 0.3 is 0 Å². The van der Waals surface area contributed by atoms with Crippen molar-refractivity contribution in [2.24, 2.45) is 0 Å². The number of benzene rings is 1. The Morgan fingerprint density at radius 2 is 1.86 bits per heavy atom. The van der Waals surface area contributed by atoms with E-state index in [1.165, 1.54) is 10.9 Å². The molecule has 1 aromatic carbocycles. The quantitative estimate of drug-likeness (QED) is 0.578. The number of fused-ring (bicyclic) bond motifs is 1. The normalized spacial score (nSPS) is 11.9. The Labute approximate surface area is 84.2 Å². The number of hydrogen-bond donors (Lipinski definition) is 0. The van der Waals surface area contributed by atoms with Gasteiger partial charge < -0.3 is 0 Å². The van der Waals surface area contributed by atoms with Crippen LogP contribution >= 0.6 is 0 Å². The molecule has 0 aliphatic carbocycles. The van der Waals surface area contributed by atoms with Crippen molar-refractivity contribution >= 4 is 10.9 Å². The molecule has 0 amide bonds. The zero-order valence-corrected chi connectivity index (χ0v) is 8.86. The highest BCUT2D eigenvalue weighted by Crippen LogP contribution is 2.11. The third kappa shape index (κ3) is 1.48. The molecule has 2 aromatic rings. The standard InChI is InChI=1S/C12H15N2/c1-12(2,3)14-9-13-8-10-6-4-5-7-11(10)14/h4-9H,1-3H3/q+1. The molecular formula is C12H15N2+. The Hall–Kier alpha value is -1.44. The second-order valence-electron chi connectivity index (χ2n) is 4.49. The minimum Gasteiger partial charge on any atom is -0.225 e. The Balaban J connectivity index is 2.78. The third-order valence-corrected chi connectivity index (χ3v) is 2.31. The molecule has 2 nitrogen and oxygen atoms in total. The van der Waals surface area contributed by atoms with E-state index in [1.807, 2.05) is 18.6 Å². The highest BCUT2D eigenvalue weighted by atomic mass is 15.1. The molecular weight excluding hydrogens is 172 g/mol. The van der Waals surface area contributed by atoms with E-state index in [2.05, 4.69) is 48.5 Å². The lowest BCUT2D eigenvalue weighted by atomic mass is 10.1. The number of para-hydroxylation sites is 1. The van der Waals surface area contributed by atoms with E-state index in [0.29, 0.717) is 0 Å². The average molecular weight is 187 g/mol. The molecule has 2 heteroatoms. The maximum Gasteiger partial charge on any atom is 0.286 e. The van der Waals surface area contributed by atoms with E-state index in [-0.39, 0.29) is 5.54 Å². The zero-order valence-electron chi connectivity index (χ0n) is 8.86. The maximum absolute atomic E-state index is 4.24. The minimum atomic E-state index is 0.0772. The van der Waals surface area contributed by atoms with Crippen LogP contribution in [-0.2, 0) is 5.54 Å². The molecule has 72 valence electrons. The number of hydrogen-bond acceptors (Lipinski definition) is 1. The summed E-state index contributed by atoms with van der Waals surface area (Å²) in [4.78, 5) is 4.24. The summed E-state index contributed by atoms with van der Waals surface area (Å²) in [5, 5.41) is 1.19. The van der Waals surface area contributed by atoms with Gasteiger partial charge in [-0.2, -0.15) is 0 Å². The number of aromatic nitrogens is 2. The summed E-state index contributed by atoms with van der Waals surface area (Å²) >= 11 is 0. The topological polar surface area (TPSA) is 16.8 Å². The van der Waals surface area contributed by atoms with Gasteiger partial charge in [0, 0.05) is 0 Å². The van der Waals surface area contributed by atoms with Crippen molar-refractivity contribution in [1.82, 2.24) is 4.98 Å². The summed E-state index contributed by atoms with van der Waals surface area (Å²) in [7, 11) is 0. The third-order valence-electron chi connectivity index (χ3n) is 2.31. The van der Waals surface area contributed by atoms with E-state index in [4.69, 9.17) is 0 Å². The molecule has 0 saturated heterocycles. The Morgan fingerprint density at radius 1 is 1.14 bits per heavy atom. The SMILES string of the molecule is CC(C)(C)[n+]1cncc2ccccc21. The monoisotopic (exact) mass is 187 g/mol. The maximum atomic E-state index is 4.24. The van der Waals surface area contributed by atoms with Crippen LogP contribution in [0.1, 0.15) is 20.8 Å². The summed E-state index contributed by atoms with van der Waals surface area (Å²) in [6.45, 7) is 6.54. The largest absolute Gasteiger partial charge is 0.286 e. The van der Waals surface area contributed by atoms with Crippen LogP contribution in [-0.4, -0.2) is 4.98 Å².